The number of hydrogen-bond donors (Lipinski definition) is 4. The van der Waals surface area contributed by atoms with Crippen molar-refractivity contribution in [1.29, 1.82) is 5.41 Å². The maximum atomic E-state index is 14.5. The van der Waals surface area contributed by atoms with Crippen LogP contribution >= 0.6 is 0 Å². The monoisotopic (exact) mass is 358 g/mol. The molecule has 1 heterocycles. The molecule has 1 amide bonds. The molecule has 5 N–H and O–H groups in total. The van der Waals surface area contributed by atoms with Gasteiger partial charge in [0.2, 0.25) is 5.95 Å². The zero-order chi connectivity index (χ0) is 18.7. The maximum absolute atomic E-state index is 14.5. The summed E-state index contributed by atoms with van der Waals surface area (Å²) >= 11 is 0. The second-order valence-corrected chi connectivity index (χ2v) is 6.34. The van der Waals surface area contributed by atoms with Gasteiger partial charge in [0.05, 0.1) is 16.9 Å². The van der Waals surface area contributed by atoms with Gasteiger partial charge in [-0.2, -0.15) is 4.39 Å². The first-order valence-electron chi connectivity index (χ1n) is 8.34. The molecule has 2 unspecified atom stereocenters. The van der Waals surface area contributed by atoms with E-state index in [2.05, 4.69) is 10.6 Å². The van der Waals surface area contributed by atoms with Crippen LogP contribution in [0.15, 0.2) is 59.6 Å². The first-order chi connectivity index (χ1) is 12.5. The van der Waals surface area contributed by atoms with Crippen molar-refractivity contribution in [2.24, 2.45) is 5.73 Å². The minimum Gasteiger partial charge on any atom is -0.366 e. The Morgan fingerprint density at radius 3 is 2.65 bits per heavy atom. The van der Waals surface area contributed by atoms with Crippen molar-refractivity contribution in [3.8, 4) is 0 Å². The number of benzene rings is 1. The molecule has 7 heteroatoms. The Balaban J connectivity index is 1.73. The summed E-state index contributed by atoms with van der Waals surface area (Å²) in [5.74, 6) is -1.43. The van der Waals surface area contributed by atoms with Crippen LogP contribution in [0.5, 0.6) is 0 Å². The lowest BCUT2D eigenvalue weighted by Crippen LogP contribution is -2.36. The van der Waals surface area contributed by atoms with Crippen LogP contribution < -0.4 is 16.4 Å². The van der Waals surface area contributed by atoms with Crippen molar-refractivity contribution in [1.82, 2.24) is 5.32 Å². The lowest BCUT2D eigenvalue weighted by Gasteiger charge is -2.26. The fourth-order valence-electron chi connectivity index (χ4n) is 3.12. The predicted octanol–water partition coefficient (Wildman–Crippen LogP) is 2.70. The summed E-state index contributed by atoms with van der Waals surface area (Å²) in [6.45, 7) is 1.10. The maximum Gasteiger partial charge on any atom is 0.250 e. The third kappa shape index (κ3) is 3.88. The number of hydrogen-bond acceptors (Lipinski definition) is 4. The van der Waals surface area contributed by atoms with E-state index in [0.717, 1.165) is 12.1 Å². The minimum absolute atomic E-state index is 0.0397. The lowest BCUT2D eigenvalue weighted by molar-refractivity contribution is -0.114. The number of halogens is 2. The number of nitrogens with one attached hydrogen (secondary N) is 3. The summed E-state index contributed by atoms with van der Waals surface area (Å²) in [6.07, 6.45) is 3.88. The molecule has 1 aliphatic heterocycles. The largest absolute Gasteiger partial charge is 0.366 e. The molecular weight excluding hydrogens is 338 g/mol. The van der Waals surface area contributed by atoms with Crippen LogP contribution in [-0.4, -0.2) is 30.9 Å². The first kappa shape index (κ1) is 18.0. The summed E-state index contributed by atoms with van der Waals surface area (Å²) in [4.78, 5) is 11.3. The molecule has 3 rings (SSSR count). The minimum atomic E-state index is -0.856. The van der Waals surface area contributed by atoms with Crippen molar-refractivity contribution in [2.75, 3.05) is 18.4 Å². The summed E-state index contributed by atoms with van der Waals surface area (Å²) in [5.41, 5.74) is 6.33. The Morgan fingerprint density at radius 2 is 2.00 bits per heavy atom. The number of alkyl halides is 1. The fraction of sp³-hybridized carbons (Fsp3) is 0.263. The van der Waals surface area contributed by atoms with Gasteiger partial charge in [0, 0.05) is 18.8 Å². The number of nitrogens with two attached hydrogens (primary N) is 1. The molecule has 0 saturated carbocycles. The third-order valence-corrected chi connectivity index (χ3v) is 4.50. The lowest BCUT2D eigenvalue weighted by atomic mass is 9.91. The Bertz CT molecular complexity index is 811. The fourth-order valence-corrected chi connectivity index (χ4v) is 3.12. The van der Waals surface area contributed by atoms with Crippen LogP contribution in [-0.2, 0) is 4.79 Å². The number of carbonyl (C=O) groups is 1. The van der Waals surface area contributed by atoms with Crippen LogP contribution in [0, 0.1) is 5.41 Å². The molecule has 0 bridgehead atoms. The van der Waals surface area contributed by atoms with Gasteiger partial charge in [-0.1, -0.05) is 18.2 Å². The Hall–Kier alpha value is -2.80. The number of primary amides is 1. The molecule has 26 heavy (non-hydrogen) atoms. The van der Waals surface area contributed by atoms with E-state index in [0.29, 0.717) is 18.7 Å². The molecule has 0 aromatic heterocycles. The van der Waals surface area contributed by atoms with Gasteiger partial charge in [0.15, 0.2) is 0 Å². The molecule has 1 aromatic rings. The van der Waals surface area contributed by atoms with Crippen LogP contribution in [0.1, 0.15) is 17.9 Å². The average molecular weight is 358 g/mol. The number of rotatable bonds is 4. The normalized spacial score (nSPS) is 24.8. The van der Waals surface area contributed by atoms with E-state index in [-0.39, 0.29) is 22.8 Å². The predicted molar refractivity (Wildman–Crippen MR) is 97.5 cm³/mol. The highest BCUT2D eigenvalue weighted by Gasteiger charge is 2.23. The van der Waals surface area contributed by atoms with Gasteiger partial charge in [0.1, 0.15) is 6.17 Å². The molecule has 1 saturated heterocycles. The Morgan fingerprint density at radius 1 is 1.27 bits per heavy atom. The van der Waals surface area contributed by atoms with Crippen LogP contribution in [0.3, 0.4) is 0 Å². The van der Waals surface area contributed by atoms with Crippen LogP contribution in [0.25, 0.3) is 0 Å². The number of allylic oxidation sites excluding steroid dienone is 4. The van der Waals surface area contributed by atoms with E-state index in [1.807, 2.05) is 12.1 Å². The van der Waals surface area contributed by atoms with Crippen molar-refractivity contribution >= 4 is 17.3 Å². The molecule has 2 aliphatic rings. The number of anilines is 1. The zero-order valence-electron chi connectivity index (χ0n) is 14.1. The van der Waals surface area contributed by atoms with Crippen LogP contribution in [0.2, 0.25) is 0 Å². The van der Waals surface area contributed by atoms with Gasteiger partial charge in [-0.25, -0.2) is 4.39 Å². The highest BCUT2D eigenvalue weighted by Crippen LogP contribution is 2.27. The topological polar surface area (TPSA) is 91.0 Å². The van der Waals surface area contributed by atoms with Gasteiger partial charge in [-0.05, 0) is 42.2 Å². The van der Waals surface area contributed by atoms with Crippen molar-refractivity contribution < 1.29 is 13.6 Å². The van der Waals surface area contributed by atoms with Gasteiger partial charge in [-0.15, -0.1) is 0 Å². The average Bonchev–Trinajstić information content (AvgIpc) is 2.62. The van der Waals surface area contributed by atoms with E-state index in [9.17, 15) is 13.6 Å². The van der Waals surface area contributed by atoms with E-state index in [1.165, 1.54) is 18.2 Å². The molecule has 136 valence electrons. The summed E-state index contributed by atoms with van der Waals surface area (Å²) in [5, 5.41) is 13.6. The standard InChI is InChI=1S/C19H20F2N4O/c20-13-8-12(9-24-10-13)11-4-6-14(7-5-11)25-18(21)15-2-1-3-16(17(15)22)19(23)26/h1-7,12-13,22,24-25H,8-10H2,(H2,23,26)/b18-15-,22-17?. The number of amides is 1. The second-order valence-electron chi connectivity index (χ2n) is 6.34. The molecule has 1 aliphatic carbocycles. The number of carbonyl (C=O) groups excluding carboxylic acids is 1. The van der Waals surface area contributed by atoms with E-state index < -0.39 is 18.0 Å². The van der Waals surface area contributed by atoms with Gasteiger partial charge >= 0.3 is 0 Å². The summed E-state index contributed by atoms with van der Waals surface area (Å²) in [7, 11) is 0. The Labute approximate surface area is 150 Å². The molecule has 1 aromatic carbocycles. The van der Waals surface area contributed by atoms with Gasteiger partial charge < -0.3 is 16.4 Å². The quantitative estimate of drug-likeness (QED) is 0.624. The molecule has 2 atom stereocenters. The molecule has 0 spiro atoms. The van der Waals surface area contributed by atoms with Crippen molar-refractivity contribution in [2.45, 2.75) is 18.5 Å². The van der Waals surface area contributed by atoms with E-state index in [1.54, 1.807) is 12.1 Å². The van der Waals surface area contributed by atoms with Crippen molar-refractivity contribution in [3.63, 3.8) is 0 Å². The molecular formula is C19H20F2N4O. The van der Waals surface area contributed by atoms with Gasteiger partial charge in [-0.3, -0.25) is 10.2 Å². The van der Waals surface area contributed by atoms with Crippen molar-refractivity contribution in [3.05, 3.63) is 65.2 Å². The highest BCUT2D eigenvalue weighted by atomic mass is 19.1. The second kappa shape index (κ2) is 7.61. The Kier molecular flexibility index (Phi) is 5.27. The van der Waals surface area contributed by atoms with E-state index in [4.69, 9.17) is 11.1 Å². The highest BCUT2D eigenvalue weighted by molar-refractivity contribution is 6.28. The summed E-state index contributed by atoms with van der Waals surface area (Å²) in [6, 6.07) is 7.08. The molecule has 5 nitrogen and oxygen atoms in total. The number of piperidine rings is 1. The SMILES string of the molecule is N=C1C(C(N)=O)=CC=C/C1=C(\F)Nc1ccc(C2CNCC(F)C2)cc1. The zero-order valence-corrected chi connectivity index (χ0v) is 14.1. The van der Waals surface area contributed by atoms with Crippen LogP contribution in [0.4, 0.5) is 14.5 Å². The first-order valence-corrected chi connectivity index (χ1v) is 8.34. The summed E-state index contributed by atoms with van der Waals surface area (Å²) < 4.78 is 28.0. The molecule has 1 fully saturated rings. The van der Waals surface area contributed by atoms with Gasteiger partial charge in [0.25, 0.3) is 5.91 Å². The van der Waals surface area contributed by atoms with E-state index >= 15 is 0 Å². The molecule has 0 radical (unpaired) electrons. The smallest absolute Gasteiger partial charge is 0.250 e. The third-order valence-electron chi connectivity index (χ3n) is 4.50.